The van der Waals surface area contributed by atoms with E-state index in [9.17, 15) is 4.79 Å². The molecular formula is C20H32OSi. The second kappa shape index (κ2) is 9.78. The zero-order valence-electron chi connectivity index (χ0n) is 14.8. The van der Waals surface area contributed by atoms with Crippen LogP contribution in [0.2, 0.25) is 25.2 Å². The summed E-state index contributed by atoms with van der Waals surface area (Å²) in [5.74, 6) is 0.251. The third kappa shape index (κ3) is 7.21. The summed E-state index contributed by atoms with van der Waals surface area (Å²) >= 11 is 0. The number of carbonyl (C=O) groups is 1. The first-order chi connectivity index (χ1) is 10.4. The van der Waals surface area contributed by atoms with Crippen molar-refractivity contribution in [3.05, 3.63) is 48.0 Å². The van der Waals surface area contributed by atoms with Gasteiger partial charge < -0.3 is 0 Å². The molecule has 0 aliphatic rings. The van der Waals surface area contributed by atoms with Crippen LogP contribution in [0.3, 0.4) is 0 Å². The van der Waals surface area contributed by atoms with Crippen LogP contribution in [-0.2, 0) is 0 Å². The highest BCUT2D eigenvalue weighted by molar-refractivity contribution is 6.78. The van der Waals surface area contributed by atoms with Gasteiger partial charge in [0.25, 0.3) is 0 Å². The average Bonchev–Trinajstić information content (AvgIpc) is 2.49. The van der Waals surface area contributed by atoms with E-state index in [2.05, 4.69) is 38.7 Å². The Balaban J connectivity index is 2.45. The quantitative estimate of drug-likeness (QED) is 0.208. The summed E-state index contributed by atoms with van der Waals surface area (Å²) in [6, 6.07) is 9.62. The smallest absolute Gasteiger partial charge is 0.163 e. The van der Waals surface area contributed by atoms with Gasteiger partial charge in [0.2, 0.25) is 0 Å². The summed E-state index contributed by atoms with van der Waals surface area (Å²) < 4.78 is 0. The topological polar surface area (TPSA) is 17.1 Å². The Morgan fingerprint density at radius 2 is 1.82 bits per heavy atom. The number of hydrogen-bond donors (Lipinski definition) is 0. The highest BCUT2D eigenvalue weighted by Gasteiger charge is 2.23. The molecule has 1 nitrogen and oxygen atoms in total. The summed E-state index contributed by atoms with van der Waals surface area (Å²) in [5, 5.41) is 0. The Morgan fingerprint density at radius 3 is 2.41 bits per heavy atom. The van der Waals surface area contributed by atoms with Gasteiger partial charge in [-0.1, -0.05) is 88.3 Å². The Morgan fingerprint density at radius 1 is 1.14 bits per heavy atom. The molecule has 22 heavy (non-hydrogen) atoms. The van der Waals surface area contributed by atoms with Crippen LogP contribution in [0.15, 0.2) is 42.5 Å². The molecular weight excluding hydrogens is 284 g/mol. The Labute approximate surface area is 137 Å². The van der Waals surface area contributed by atoms with Crippen molar-refractivity contribution in [2.45, 2.75) is 70.6 Å². The van der Waals surface area contributed by atoms with E-state index in [0.29, 0.717) is 6.42 Å². The summed E-state index contributed by atoms with van der Waals surface area (Å²) in [5.41, 5.74) is 1.58. The third-order valence-electron chi connectivity index (χ3n) is 4.23. The minimum absolute atomic E-state index is 0.251. The lowest BCUT2D eigenvalue weighted by atomic mass is 10.1. The predicted molar refractivity (Wildman–Crippen MR) is 100 cm³/mol. The van der Waals surface area contributed by atoms with Crippen LogP contribution >= 0.6 is 0 Å². The lowest BCUT2D eigenvalue weighted by molar-refractivity contribution is 0.0983. The summed E-state index contributed by atoms with van der Waals surface area (Å²) in [4.78, 5) is 12.1. The zero-order chi connectivity index (χ0) is 16.4. The van der Waals surface area contributed by atoms with E-state index in [1.54, 1.807) is 0 Å². The monoisotopic (exact) mass is 316 g/mol. The number of rotatable bonds is 10. The fourth-order valence-electron chi connectivity index (χ4n) is 2.68. The second-order valence-corrected chi connectivity index (χ2v) is 12.7. The first-order valence-corrected chi connectivity index (χ1v) is 12.3. The van der Waals surface area contributed by atoms with Gasteiger partial charge in [0, 0.05) is 12.0 Å². The first kappa shape index (κ1) is 18.9. The number of allylic oxidation sites excluding steroid dienone is 2. The van der Waals surface area contributed by atoms with Crippen LogP contribution in [-0.4, -0.2) is 13.9 Å². The lowest BCUT2D eigenvalue weighted by Gasteiger charge is -2.26. The van der Waals surface area contributed by atoms with E-state index in [-0.39, 0.29) is 5.78 Å². The van der Waals surface area contributed by atoms with E-state index >= 15 is 0 Å². The average molecular weight is 317 g/mol. The molecule has 0 spiro atoms. The maximum atomic E-state index is 12.1. The lowest BCUT2D eigenvalue weighted by Crippen LogP contribution is -2.26. The minimum Gasteiger partial charge on any atom is -0.294 e. The summed E-state index contributed by atoms with van der Waals surface area (Å²) in [7, 11) is -1.15. The predicted octanol–water partition coefficient (Wildman–Crippen LogP) is 6.49. The molecule has 0 heterocycles. The van der Waals surface area contributed by atoms with Crippen molar-refractivity contribution < 1.29 is 4.79 Å². The van der Waals surface area contributed by atoms with Gasteiger partial charge in [-0.05, 0) is 18.4 Å². The Bertz CT molecular complexity index is 456. The molecule has 0 saturated heterocycles. The van der Waals surface area contributed by atoms with Crippen LogP contribution in [0.4, 0.5) is 0 Å². The van der Waals surface area contributed by atoms with Crippen molar-refractivity contribution in [3.63, 3.8) is 0 Å². The molecule has 0 radical (unpaired) electrons. The molecule has 0 saturated carbocycles. The van der Waals surface area contributed by atoms with E-state index in [0.717, 1.165) is 17.5 Å². The zero-order valence-corrected chi connectivity index (χ0v) is 15.8. The van der Waals surface area contributed by atoms with Crippen molar-refractivity contribution in [1.82, 2.24) is 0 Å². The molecule has 0 fully saturated rings. The summed E-state index contributed by atoms with van der Waals surface area (Å²) in [6.45, 7) is 9.60. The Kier molecular flexibility index (Phi) is 8.40. The number of unbranched alkanes of at least 4 members (excludes halogenated alkanes) is 2. The van der Waals surface area contributed by atoms with Gasteiger partial charge in [-0.3, -0.25) is 4.79 Å². The van der Waals surface area contributed by atoms with Gasteiger partial charge in [0.05, 0.1) is 8.07 Å². The summed E-state index contributed by atoms with van der Waals surface area (Å²) in [6.07, 6.45) is 11.4. The normalized spacial score (nSPS) is 13.5. The highest BCUT2D eigenvalue weighted by Crippen LogP contribution is 2.29. The standard InChI is InChI=1S/C20H32OSi/c1-5-6-8-15-19(22(2,3)4)16-11-12-17-20(21)18-13-9-7-10-14-18/h7,9-11,13-14,16,19H,5-6,8,12,15,17H2,1-4H3/b16-11+. The molecule has 2 heteroatoms. The van der Waals surface area contributed by atoms with E-state index < -0.39 is 8.07 Å². The number of Topliss-reactive ketones (excluding diaryl/α,β-unsaturated/α-hetero) is 1. The van der Waals surface area contributed by atoms with Crippen LogP contribution < -0.4 is 0 Å². The van der Waals surface area contributed by atoms with Gasteiger partial charge in [0.1, 0.15) is 0 Å². The van der Waals surface area contributed by atoms with Crippen LogP contribution in [0.1, 0.15) is 55.8 Å². The van der Waals surface area contributed by atoms with Crippen molar-refractivity contribution in [2.75, 3.05) is 0 Å². The molecule has 1 rings (SSSR count). The molecule has 1 aromatic rings. The number of carbonyl (C=O) groups excluding carboxylic acids is 1. The van der Waals surface area contributed by atoms with Crippen LogP contribution in [0, 0.1) is 0 Å². The Hall–Kier alpha value is -1.15. The molecule has 0 aliphatic heterocycles. The molecule has 0 bridgehead atoms. The minimum atomic E-state index is -1.15. The van der Waals surface area contributed by atoms with Crippen molar-refractivity contribution >= 4 is 13.9 Å². The molecule has 1 unspecified atom stereocenters. The number of hydrogen-bond acceptors (Lipinski definition) is 1. The highest BCUT2D eigenvalue weighted by atomic mass is 28.3. The first-order valence-electron chi connectivity index (χ1n) is 8.70. The van der Waals surface area contributed by atoms with Crippen molar-refractivity contribution in [3.8, 4) is 0 Å². The maximum Gasteiger partial charge on any atom is 0.163 e. The molecule has 0 aliphatic carbocycles. The third-order valence-corrected chi connectivity index (χ3v) is 6.94. The van der Waals surface area contributed by atoms with E-state index in [1.165, 1.54) is 25.7 Å². The van der Waals surface area contributed by atoms with Gasteiger partial charge in [-0.25, -0.2) is 0 Å². The van der Waals surface area contributed by atoms with Crippen LogP contribution in [0.5, 0.6) is 0 Å². The van der Waals surface area contributed by atoms with Gasteiger partial charge in [0.15, 0.2) is 5.78 Å². The molecule has 122 valence electrons. The molecule has 0 N–H and O–H groups in total. The fraction of sp³-hybridized carbons (Fsp3) is 0.550. The van der Waals surface area contributed by atoms with Gasteiger partial charge >= 0.3 is 0 Å². The molecule has 0 amide bonds. The van der Waals surface area contributed by atoms with Crippen molar-refractivity contribution in [2.24, 2.45) is 0 Å². The van der Waals surface area contributed by atoms with Crippen LogP contribution in [0.25, 0.3) is 0 Å². The SMILES string of the molecule is CCCCCC(/C=C/CCC(=O)c1ccccc1)[Si](C)(C)C. The van der Waals surface area contributed by atoms with E-state index in [4.69, 9.17) is 0 Å². The molecule has 1 aromatic carbocycles. The molecule has 1 atom stereocenters. The van der Waals surface area contributed by atoms with E-state index in [1.807, 2.05) is 30.3 Å². The van der Waals surface area contributed by atoms with Gasteiger partial charge in [-0.2, -0.15) is 0 Å². The largest absolute Gasteiger partial charge is 0.294 e. The molecule has 0 aromatic heterocycles. The fourth-order valence-corrected chi connectivity index (χ4v) is 4.46. The second-order valence-electron chi connectivity index (χ2n) is 7.22. The van der Waals surface area contributed by atoms with Gasteiger partial charge in [-0.15, -0.1) is 0 Å². The number of benzene rings is 1. The number of ketones is 1. The van der Waals surface area contributed by atoms with Crippen molar-refractivity contribution in [1.29, 1.82) is 0 Å². The maximum absolute atomic E-state index is 12.1.